The molecule has 12 nitrogen and oxygen atoms in total. The van der Waals surface area contributed by atoms with Crippen molar-refractivity contribution >= 4 is 126 Å². The third kappa shape index (κ3) is 14.9. The van der Waals surface area contributed by atoms with Crippen molar-refractivity contribution in [2.24, 2.45) is 35.2 Å². The third-order valence-electron chi connectivity index (χ3n) is 27.2. The van der Waals surface area contributed by atoms with Crippen LogP contribution < -0.4 is 81.6 Å². The van der Waals surface area contributed by atoms with Gasteiger partial charge in [-0.2, -0.15) is 0 Å². The van der Waals surface area contributed by atoms with E-state index in [0.717, 1.165) is 0 Å². The summed E-state index contributed by atoms with van der Waals surface area (Å²) in [5.41, 5.74) is 33.6. The molecule has 10 aromatic carbocycles. The normalized spacial score (nSPS) is 15.2. The molecule has 10 heterocycles. The van der Waals surface area contributed by atoms with Crippen LogP contribution in [0.1, 0.15) is 103 Å². The van der Waals surface area contributed by atoms with Crippen LogP contribution in [-0.2, 0) is 51.5 Å². The van der Waals surface area contributed by atoms with Crippen molar-refractivity contribution in [3.63, 3.8) is 0 Å². The predicted octanol–water partition coefficient (Wildman–Crippen LogP) is 13.3. The summed E-state index contributed by atoms with van der Waals surface area (Å²) >= 11 is 0.672. The molecule has 0 spiro atoms. The van der Waals surface area contributed by atoms with Gasteiger partial charge >= 0.3 is 300 Å². The van der Waals surface area contributed by atoms with E-state index in [1.54, 1.807) is 29.7 Å². The van der Waals surface area contributed by atoms with Crippen molar-refractivity contribution in [2.75, 3.05) is 23.9 Å². The Morgan fingerprint density at radius 1 is 0.274 bits per heavy atom. The molecule has 20 rings (SSSR count). The van der Waals surface area contributed by atoms with Gasteiger partial charge in [0.15, 0.2) is 0 Å². The predicted molar refractivity (Wildman–Crippen MR) is 523 cm³/mol. The average Bonchev–Trinajstić information content (AvgIpc) is 0.701. The van der Waals surface area contributed by atoms with Crippen molar-refractivity contribution in [3.8, 4) is 56.3 Å². The molecule has 0 fully saturated rings. The van der Waals surface area contributed by atoms with Crippen LogP contribution in [-0.4, -0.2) is 93.2 Å². The maximum atomic E-state index is 4.29. The molecular formula is C107H117N12Se2Si3+5. The smallest absolute Gasteiger partial charge is 0.233 e. The molecule has 124 heavy (non-hydrogen) atoms. The zero-order valence-corrected chi connectivity index (χ0v) is 83.1. The number of aromatic nitrogens is 10. The first kappa shape index (κ1) is 86.4. The topological polar surface area (TPSA) is 90.3 Å². The first-order chi connectivity index (χ1) is 59.1. The second-order valence-electron chi connectivity index (χ2n) is 37.3. The molecular weight excluding hydrogens is 1700 g/mol. The Balaban J connectivity index is 0.000000115. The Morgan fingerprint density at radius 3 is 1.15 bits per heavy atom. The molecule has 0 unspecified atom stereocenters. The second kappa shape index (κ2) is 33.4. The van der Waals surface area contributed by atoms with Gasteiger partial charge in [0.1, 0.15) is 51.8 Å². The second-order valence-corrected chi connectivity index (χ2v) is 54.6. The number of nitrogens with zero attached hydrogens (tertiary/aromatic N) is 12. The number of hydrogen-bond acceptors (Lipinski definition) is 7. The van der Waals surface area contributed by atoms with E-state index in [0.29, 0.717) is 29.9 Å². The minimum absolute atomic E-state index is 0.0164. The summed E-state index contributed by atoms with van der Waals surface area (Å²) in [6, 6.07) is 78.6. The van der Waals surface area contributed by atoms with E-state index < -0.39 is 24.2 Å². The van der Waals surface area contributed by atoms with Crippen molar-refractivity contribution in [3.05, 3.63) is 336 Å². The first-order valence-corrected chi connectivity index (χ1v) is 55.6. The van der Waals surface area contributed by atoms with Crippen molar-refractivity contribution < 1.29 is 22.8 Å². The van der Waals surface area contributed by atoms with Gasteiger partial charge in [0.25, 0.3) is 19.0 Å². The number of anilines is 4. The van der Waals surface area contributed by atoms with Gasteiger partial charge in [0.05, 0.1) is 32.5 Å². The summed E-state index contributed by atoms with van der Waals surface area (Å²) in [7, 11) is 9.54. The zero-order chi connectivity index (χ0) is 88.0. The Labute approximate surface area is 751 Å². The van der Waals surface area contributed by atoms with Gasteiger partial charge in [-0.1, -0.05) is 171 Å². The van der Waals surface area contributed by atoms with Crippen LogP contribution in [0.5, 0.6) is 0 Å². The van der Waals surface area contributed by atoms with E-state index >= 15 is 0 Å². The zero-order valence-electron chi connectivity index (χ0n) is 76.7. The van der Waals surface area contributed by atoms with E-state index in [-0.39, 0.29) is 16.2 Å². The fourth-order valence-electron chi connectivity index (χ4n) is 20.2. The van der Waals surface area contributed by atoms with Gasteiger partial charge in [-0.05, 0) is 87.4 Å². The van der Waals surface area contributed by atoms with Gasteiger partial charge in [0.2, 0.25) is 0 Å². The molecule has 0 saturated carbocycles. The van der Waals surface area contributed by atoms with E-state index in [1.807, 2.05) is 62.6 Å². The van der Waals surface area contributed by atoms with Crippen LogP contribution in [0.4, 0.5) is 22.7 Å². The summed E-state index contributed by atoms with van der Waals surface area (Å²) in [4.78, 5) is 26.0. The fourth-order valence-corrected chi connectivity index (χ4v) is 39.3. The molecule has 5 aliphatic rings. The van der Waals surface area contributed by atoms with E-state index in [4.69, 9.17) is 0 Å². The molecule has 0 N–H and O–H groups in total. The molecule has 5 aromatic heterocycles. The van der Waals surface area contributed by atoms with E-state index in [1.165, 1.54) is 160 Å². The summed E-state index contributed by atoms with van der Waals surface area (Å²) in [6.45, 7) is 40.1. The minimum atomic E-state index is -1.84. The molecule has 5 aliphatic heterocycles. The molecule has 0 amide bonds. The molecule has 0 atom stereocenters. The Hall–Kier alpha value is -11.1. The fraction of sp³-hybridized carbons (Fsp3) is 0.252. The van der Waals surface area contributed by atoms with Gasteiger partial charge in [0, 0.05) is 71.2 Å². The Kier molecular flexibility index (Phi) is 23.3. The maximum absolute atomic E-state index is 4.29. The van der Waals surface area contributed by atoms with Crippen LogP contribution >= 0.6 is 0 Å². The van der Waals surface area contributed by atoms with Crippen LogP contribution in [0.15, 0.2) is 275 Å². The van der Waals surface area contributed by atoms with Crippen molar-refractivity contribution in [2.45, 2.75) is 132 Å². The Morgan fingerprint density at radius 2 is 0.621 bits per heavy atom. The first-order valence-electron chi connectivity index (χ1n) is 43.1. The number of rotatable bonds is 5. The molecule has 0 aliphatic carbocycles. The van der Waals surface area contributed by atoms with Crippen LogP contribution in [0.2, 0.25) is 39.3 Å². The minimum Gasteiger partial charge on any atom is -0.233 e. The third-order valence-corrected chi connectivity index (χ3v) is 43.7. The largest absolute Gasteiger partial charge is 0.286 e. The van der Waals surface area contributed by atoms with Crippen molar-refractivity contribution in [1.29, 1.82) is 0 Å². The SMILES string of the molecule is Cc1ccc2c(c1-c1ccnc[n+]1C)N(C)c1ccccc1C2(C)C.Cc1ccc2c(c1-c1ccnc[n+]1C)N(C)c1ccccc1[Si]2(C)C.Cc1ccc2c(c1-c1ccnc[n+]1C)[Se]c1ccccc1C2(C)C.Cc1ccc2c(c1-c1ccnc[n+]1C)[Se]c1ccccc1[Si]2(C)C.Cc1ccc2c(c1-c1ccnc[n+]1C)[Si](C)(C)c1ccccc1C2(C)C. The van der Waals surface area contributed by atoms with Crippen LogP contribution in [0.3, 0.4) is 0 Å². The molecule has 17 heteroatoms. The number of benzene rings is 10. The number of hydrogen-bond donors (Lipinski definition) is 0. The molecule has 0 saturated heterocycles. The number of fused-ring (bicyclic) bond motifs is 10. The molecule has 624 valence electrons. The van der Waals surface area contributed by atoms with Crippen LogP contribution in [0.25, 0.3) is 56.3 Å². The van der Waals surface area contributed by atoms with Crippen LogP contribution in [0, 0.1) is 34.6 Å². The monoisotopic (exact) mass is 1810 g/mol. The summed E-state index contributed by atoms with van der Waals surface area (Å²) < 4.78 is 16.8. The average molecular weight is 1810 g/mol. The summed E-state index contributed by atoms with van der Waals surface area (Å²) in [6.07, 6.45) is 18.9. The van der Waals surface area contributed by atoms with E-state index in [9.17, 15) is 0 Å². The quantitative estimate of drug-likeness (QED) is 0.125. The van der Waals surface area contributed by atoms with Gasteiger partial charge in [-0.15, -0.1) is 0 Å². The van der Waals surface area contributed by atoms with Gasteiger partial charge in [-0.3, -0.25) is 0 Å². The standard InChI is InChI=1S/C23H27N2Si.C22H24N3.C21H24N3Si.C21H21N2Se.C20H21N2SeSi/c1-16-11-12-18-22(21(16)19-13-14-24-15-25(19)4)26(5,6)20-10-8-7-9-17(20)23(18,2)3;1-15-10-11-17-21(20(15)19-12-13-23-14-24(19)4)25(5)18-9-7-6-8-16(18)22(17,2)3;1-15-10-11-19-21(20(15)17-12-13-22-14-23(17)2)24(3)16-8-6-7-9-18(16)25(19,4)5;1-14-9-10-16-20(19(14)17-11-12-22-13-23(17)4)24-18-8-6-5-7-15(18)21(16,2)3;1-14-9-10-18-20(19(14)15-11-12-21-13-22(15)2)23-16-7-5-6-8-17(16)24(18,3)4/h7-15H,1-6H3;2*6-14H,1-5H3;2*5-13H,1-4H3/q5*+1. The molecule has 15 aromatic rings. The maximum Gasteiger partial charge on any atom is 0.286 e. The summed E-state index contributed by atoms with van der Waals surface area (Å²) in [5.74, 6) is 0. The number of para-hydroxylation sites is 2. The Bertz CT molecular complexity index is 6410. The molecule has 0 radical (unpaired) electrons. The van der Waals surface area contributed by atoms with E-state index in [2.05, 4.69) is 435 Å². The van der Waals surface area contributed by atoms with Gasteiger partial charge < -0.3 is 9.80 Å². The molecule has 0 bridgehead atoms. The van der Waals surface area contributed by atoms with Gasteiger partial charge in [-0.25, -0.2) is 13.7 Å². The summed E-state index contributed by atoms with van der Waals surface area (Å²) in [5, 5.41) is 9.40. The van der Waals surface area contributed by atoms with Crippen molar-refractivity contribution in [1.82, 2.24) is 24.9 Å². The number of aryl methyl sites for hydroxylation is 10.